The molecule has 0 aromatic heterocycles. The summed E-state index contributed by atoms with van der Waals surface area (Å²) in [4.78, 5) is 5.01. The fourth-order valence-corrected chi connectivity index (χ4v) is 9.08. The highest BCUT2D eigenvalue weighted by atomic mass is 16.6. The molecule has 0 N–H and O–H groups in total. The Hall–Kier alpha value is -5.62. The number of anilines is 5. The number of para-hydroxylation sites is 2. The lowest BCUT2D eigenvalue weighted by atomic mass is 9.43. The maximum absolute atomic E-state index is 7.08. The first-order valence-electron chi connectivity index (χ1n) is 20.8. The highest BCUT2D eigenvalue weighted by Gasteiger charge is 2.51. The molecule has 0 bridgehead atoms. The maximum Gasteiger partial charge on any atom is 0.333 e. The number of nitrogens with zero attached hydrogens (tertiary/aromatic N) is 2. The molecule has 6 heteroatoms. The van der Waals surface area contributed by atoms with Gasteiger partial charge in [0.05, 0.1) is 17.1 Å². The van der Waals surface area contributed by atoms with Crippen molar-refractivity contribution in [1.29, 1.82) is 0 Å². The van der Waals surface area contributed by atoms with E-state index in [1.165, 1.54) is 33.2 Å². The van der Waals surface area contributed by atoms with E-state index in [2.05, 4.69) is 172 Å². The van der Waals surface area contributed by atoms with E-state index >= 15 is 0 Å². The van der Waals surface area contributed by atoms with Gasteiger partial charge in [0.25, 0.3) is 0 Å². The molecule has 0 amide bonds. The Bertz CT molecular complexity index is 2700. The lowest BCUT2D eigenvalue weighted by Crippen LogP contribution is -2.62. The summed E-state index contributed by atoms with van der Waals surface area (Å²) in [5, 5.41) is 0. The molecule has 4 aliphatic rings. The van der Waals surface area contributed by atoms with Crippen LogP contribution < -0.4 is 34.8 Å². The van der Waals surface area contributed by atoms with E-state index in [-0.39, 0.29) is 28.5 Å². The Balaban J connectivity index is 1.35. The van der Waals surface area contributed by atoms with Crippen molar-refractivity contribution in [2.24, 2.45) is 0 Å². The number of hydrogen-bond donors (Lipinski definition) is 0. The average Bonchev–Trinajstić information content (AvgIpc) is 3.16. The lowest BCUT2D eigenvalue weighted by molar-refractivity contribution is 0.361. The number of fused-ring (bicyclic) bond motifs is 9. The topological polar surface area (TPSA) is 34.2 Å². The summed E-state index contributed by atoms with van der Waals surface area (Å²) in [6.45, 7) is 27.1. The van der Waals surface area contributed by atoms with Crippen molar-refractivity contribution >= 4 is 46.2 Å². The SMILES string of the molecule is CC(C)(C)c1ccc(N2c3cc(C(C)(C)C)ccc3B3c4c(cc5c(c42)Oc2ccccc2O5)-c2cc(C(C)(C)C)cc4c2N3c2ccc(C(C)(C)C)cc2O4)cc1. The minimum absolute atomic E-state index is 0.0112. The standard InChI is InChI=1S/C52H53BN2O3/c1-49(2,3)30-17-21-34(22-18-30)54-39-26-31(50(4,5)6)19-23-37(39)53-45-35(29-44-48(47(45)54)58-41-16-14-13-15-40(41)56-44)36-25-33(52(10,11)12)28-43-46(36)55(53)38-24-20-32(51(7,8)9)27-42(38)57-43/h13-29H,1-12H3. The highest BCUT2D eigenvalue weighted by molar-refractivity contribution is 6.94. The summed E-state index contributed by atoms with van der Waals surface area (Å²) < 4.78 is 21.0. The van der Waals surface area contributed by atoms with Gasteiger partial charge in [-0.2, -0.15) is 0 Å². The molecule has 0 unspecified atom stereocenters. The summed E-state index contributed by atoms with van der Waals surface area (Å²) in [7, 11) is 0. The van der Waals surface area contributed by atoms with Gasteiger partial charge in [0, 0.05) is 16.9 Å². The summed E-state index contributed by atoms with van der Waals surface area (Å²) in [6, 6.07) is 38.0. The largest absolute Gasteiger partial charge is 0.453 e. The Kier molecular flexibility index (Phi) is 7.58. The van der Waals surface area contributed by atoms with Crippen molar-refractivity contribution in [2.75, 3.05) is 9.71 Å². The van der Waals surface area contributed by atoms with Crippen LogP contribution in [-0.2, 0) is 21.7 Å². The third kappa shape index (κ3) is 5.51. The van der Waals surface area contributed by atoms with E-state index in [9.17, 15) is 0 Å². The normalized spacial score (nSPS) is 14.9. The van der Waals surface area contributed by atoms with Crippen LogP contribution in [0.4, 0.5) is 28.4 Å². The molecule has 0 spiro atoms. The third-order valence-corrected chi connectivity index (χ3v) is 12.5. The summed E-state index contributed by atoms with van der Waals surface area (Å²) >= 11 is 0. The molecule has 292 valence electrons. The second-order valence-corrected chi connectivity index (χ2v) is 20.7. The first-order chi connectivity index (χ1) is 27.3. The molecule has 0 aliphatic carbocycles. The zero-order valence-electron chi connectivity index (χ0n) is 36.0. The molecular formula is C52H53BN2O3. The van der Waals surface area contributed by atoms with E-state index in [0.29, 0.717) is 17.2 Å². The van der Waals surface area contributed by atoms with Crippen LogP contribution in [0.15, 0.2) is 103 Å². The molecule has 4 heterocycles. The first kappa shape index (κ1) is 36.7. The van der Waals surface area contributed by atoms with E-state index in [4.69, 9.17) is 14.2 Å². The molecule has 0 saturated carbocycles. The lowest BCUT2D eigenvalue weighted by Gasteiger charge is -2.49. The zero-order chi connectivity index (χ0) is 40.8. The number of ether oxygens (including phenoxy) is 3. The van der Waals surface area contributed by atoms with Gasteiger partial charge in [-0.25, -0.2) is 0 Å². The second-order valence-electron chi connectivity index (χ2n) is 20.7. The van der Waals surface area contributed by atoms with Crippen molar-refractivity contribution in [3.05, 3.63) is 125 Å². The minimum Gasteiger partial charge on any atom is -0.453 e. The molecule has 0 saturated heterocycles. The van der Waals surface area contributed by atoms with Crippen LogP contribution in [0.3, 0.4) is 0 Å². The Morgan fingerprint density at radius 1 is 0.431 bits per heavy atom. The monoisotopic (exact) mass is 764 g/mol. The van der Waals surface area contributed by atoms with Gasteiger partial charge in [-0.3, -0.25) is 0 Å². The maximum atomic E-state index is 7.08. The van der Waals surface area contributed by atoms with Crippen molar-refractivity contribution in [1.82, 2.24) is 0 Å². The predicted octanol–water partition coefficient (Wildman–Crippen LogP) is 13.6. The van der Waals surface area contributed by atoms with Crippen LogP contribution in [0.25, 0.3) is 11.1 Å². The van der Waals surface area contributed by atoms with Crippen LogP contribution >= 0.6 is 0 Å². The molecular weight excluding hydrogens is 711 g/mol. The fraction of sp³-hybridized carbons (Fsp3) is 0.308. The van der Waals surface area contributed by atoms with Crippen molar-refractivity contribution < 1.29 is 14.2 Å². The number of rotatable bonds is 1. The summed E-state index contributed by atoms with van der Waals surface area (Å²) in [6.07, 6.45) is 0. The summed E-state index contributed by atoms with van der Waals surface area (Å²) in [5.74, 6) is 4.60. The molecule has 6 aromatic carbocycles. The second kappa shape index (κ2) is 12.0. The van der Waals surface area contributed by atoms with Gasteiger partial charge in [0.1, 0.15) is 5.75 Å². The predicted molar refractivity (Wildman–Crippen MR) is 242 cm³/mol. The molecule has 0 radical (unpaired) electrons. The van der Waals surface area contributed by atoms with Gasteiger partial charge < -0.3 is 23.9 Å². The minimum atomic E-state index is -0.194. The highest BCUT2D eigenvalue weighted by Crippen LogP contribution is 2.61. The summed E-state index contributed by atoms with van der Waals surface area (Å²) in [5.41, 5.74) is 14.8. The van der Waals surface area contributed by atoms with Crippen LogP contribution in [0.5, 0.6) is 34.5 Å². The van der Waals surface area contributed by atoms with Crippen molar-refractivity contribution in [3.63, 3.8) is 0 Å². The zero-order valence-corrected chi connectivity index (χ0v) is 36.0. The van der Waals surface area contributed by atoms with Crippen molar-refractivity contribution in [3.8, 4) is 45.6 Å². The quantitative estimate of drug-likeness (QED) is 0.156. The third-order valence-electron chi connectivity index (χ3n) is 12.5. The van der Waals surface area contributed by atoms with Crippen LogP contribution in [0.1, 0.15) is 105 Å². The van der Waals surface area contributed by atoms with Gasteiger partial charge in [-0.1, -0.05) is 126 Å². The molecule has 58 heavy (non-hydrogen) atoms. The smallest absolute Gasteiger partial charge is 0.333 e. The molecule has 10 rings (SSSR count). The molecule has 0 fully saturated rings. The van der Waals surface area contributed by atoms with Crippen LogP contribution in [0, 0.1) is 0 Å². The van der Waals surface area contributed by atoms with E-state index in [1.54, 1.807) is 0 Å². The van der Waals surface area contributed by atoms with Crippen LogP contribution in [-0.4, -0.2) is 6.85 Å². The van der Waals surface area contributed by atoms with Gasteiger partial charge in [0.15, 0.2) is 28.7 Å². The van der Waals surface area contributed by atoms with E-state index < -0.39 is 0 Å². The molecule has 6 aromatic rings. The Labute approximate surface area is 344 Å². The first-order valence-corrected chi connectivity index (χ1v) is 20.8. The van der Waals surface area contributed by atoms with Crippen molar-refractivity contribution in [2.45, 2.75) is 105 Å². The Morgan fingerprint density at radius 3 is 1.66 bits per heavy atom. The average molecular weight is 765 g/mol. The fourth-order valence-electron chi connectivity index (χ4n) is 9.08. The molecule has 0 atom stereocenters. The van der Waals surface area contributed by atoms with Gasteiger partial charge in [-0.05, 0) is 121 Å². The van der Waals surface area contributed by atoms with E-state index in [0.717, 1.165) is 56.8 Å². The number of hydrogen-bond acceptors (Lipinski definition) is 5. The Morgan fingerprint density at radius 2 is 1.00 bits per heavy atom. The van der Waals surface area contributed by atoms with Gasteiger partial charge >= 0.3 is 6.85 Å². The van der Waals surface area contributed by atoms with Gasteiger partial charge in [0.2, 0.25) is 0 Å². The molecule has 4 aliphatic heterocycles. The van der Waals surface area contributed by atoms with Gasteiger partial charge in [-0.15, -0.1) is 0 Å². The van der Waals surface area contributed by atoms with E-state index in [1.807, 2.05) is 24.3 Å². The molecule has 5 nitrogen and oxygen atoms in total. The number of benzene rings is 6. The van der Waals surface area contributed by atoms with Crippen LogP contribution in [0.2, 0.25) is 0 Å².